The lowest BCUT2D eigenvalue weighted by Crippen LogP contribution is -2.12. The number of ether oxygens (including phenoxy) is 1. The summed E-state index contributed by atoms with van der Waals surface area (Å²) in [5.74, 6) is 0.534. The molecule has 0 aliphatic rings. The van der Waals surface area contributed by atoms with Crippen molar-refractivity contribution < 1.29 is 13.9 Å². The molecule has 0 saturated carbocycles. The maximum atomic E-state index is 12.6. The molecule has 0 atom stereocenters. The average Bonchev–Trinajstić information content (AvgIpc) is 2.89. The third-order valence-electron chi connectivity index (χ3n) is 6.55. The molecule has 5 heteroatoms. The highest BCUT2D eigenvalue weighted by Gasteiger charge is 2.08. The second-order valence-electron chi connectivity index (χ2n) is 9.57. The van der Waals surface area contributed by atoms with Crippen molar-refractivity contribution in [1.29, 1.82) is 0 Å². The molecule has 1 N–H and O–H groups in total. The zero-order valence-electron chi connectivity index (χ0n) is 21.7. The van der Waals surface area contributed by atoms with Crippen molar-refractivity contribution in [1.82, 2.24) is 0 Å². The van der Waals surface area contributed by atoms with Gasteiger partial charge >= 0.3 is 0 Å². The van der Waals surface area contributed by atoms with Gasteiger partial charge < -0.3 is 14.5 Å². The first-order valence-electron chi connectivity index (χ1n) is 13.7. The molecule has 0 unspecified atom stereocenters. The van der Waals surface area contributed by atoms with Gasteiger partial charge in [-0.2, -0.15) is 0 Å². The molecule has 0 fully saturated rings. The van der Waals surface area contributed by atoms with Crippen molar-refractivity contribution in [3.63, 3.8) is 0 Å². The molecule has 0 aliphatic carbocycles. The average molecular weight is 492 g/mol. The van der Waals surface area contributed by atoms with E-state index in [2.05, 4.69) is 12.2 Å². The molecule has 0 spiro atoms. The van der Waals surface area contributed by atoms with E-state index in [9.17, 15) is 9.59 Å². The van der Waals surface area contributed by atoms with Crippen molar-refractivity contribution in [3.05, 3.63) is 70.6 Å². The van der Waals surface area contributed by atoms with E-state index < -0.39 is 0 Å². The van der Waals surface area contributed by atoms with E-state index in [0.717, 1.165) is 12.2 Å². The summed E-state index contributed by atoms with van der Waals surface area (Å²) in [7, 11) is 0. The number of carbonyl (C=O) groups is 1. The molecule has 0 bridgehead atoms. The van der Waals surface area contributed by atoms with Crippen LogP contribution in [0.5, 0.6) is 5.75 Å². The second-order valence-corrected chi connectivity index (χ2v) is 9.57. The fourth-order valence-electron chi connectivity index (χ4n) is 4.38. The number of fused-ring (bicyclic) bond motifs is 1. The van der Waals surface area contributed by atoms with Gasteiger partial charge in [-0.25, -0.2) is 0 Å². The standard InChI is InChI=1S/C31H41NO4/c1-2-3-4-5-6-7-8-9-10-11-12-13-14-22-35-27-18-15-25(16-19-27)31(34)32-26-17-20-30-28(24-26)29(33)21-23-36-30/h15-21,23-24H,2-14,22H2,1H3,(H,32,34). The largest absolute Gasteiger partial charge is 0.494 e. The van der Waals surface area contributed by atoms with E-state index in [1.54, 1.807) is 30.3 Å². The minimum absolute atomic E-state index is 0.141. The lowest BCUT2D eigenvalue weighted by Gasteiger charge is -2.09. The molecular formula is C31H41NO4. The Labute approximate surface area is 215 Å². The van der Waals surface area contributed by atoms with Gasteiger partial charge in [0, 0.05) is 17.3 Å². The zero-order chi connectivity index (χ0) is 25.4. The van der Waals surface area contributed by atoms with E-state index in [-0.39, 0.29) is 11.3 Å². The number of amides is 1. The molecule has 2 aromatic carbocycles. The van der Waals surface area contributed by atoms with Crippen LogP contribution in [0.2, 0.25) is 0 Å². The van der Waals surface area contributed by atoms with Gasteiger partial charge in [-0.3, -0.25) is 9.59 Å². The topological polar surface area (TPSA) is 68.5 Å². The normalized spacial score (nSPS) is 11.0. The molecule has 3 aromatic rings. The summed E-state index contributed by atoms with van der Waals surface area (Å²) in [6, 6.07) is 13.6. The monoisotopic (exact) mass is 491 g/mol. The van der Waals surface area contributed by atoms with Crippen molar-refractivity contribution in [2.45, 2.75) is 90.4 Å². The first-order valence-corrected chi connectivity index (χ1v) is 13.7. The molecule has 1 aromatic heterocycles. The summed E-state index contributed by atoms with van der Waals surface area (Å²) < 4.78 is 11.2. The summed E-state index contributed by atoms with van der Waals surface area (Å²) in [5.41, 5.74) is 1.43. The zero-order valence-corrected chi connectivity index (χ0v) is 21.7. The van der Waals surface area contributed by atoms with Crippen molar-refractivity contribution in [2.24, 2.45) is 0 Å². The van der Waals surface area contributed by atoms with Gasteiger partial charge in [-0.1, -0.05) is 84.0 Å². The summed E-state index contributed by atoms with van der Waals surface area (Å²) in [4.78, 5) is 24.6. The summed E-state index contributed by atoms with van der Waals surface area (Å²) in [6.45, 7) is 2.97. The van der Waals surface area contributed by atoms with Gasteiger partial charge in [0.15, 0.2) is 5.43 Å². The number of benzene rings is 2. The Morgan fingerprint density at radius 2 is 1.39 bits per heavy atom. The fourth-order valence-corrected chi connectivity index (χ4v) is 4.38. The van der Waals surface area contributed by atoms with Crippen LogP contribution in [-0.4, -0.2) is 12.5 Å². The van der Waals surface area contributed by atoms with Gasteiger partial charge in [0.1, 0.15) is 11.3 Å². The van der Waals surface area contributed by atoms with Crippen LogP contribution in [0.4, 0.5) is 5.69 Å². The van der Waals surface area contributed by atoms with Crippen LogP contribution in [-0.2, 0) is 0 Å². The molecule has 194 valence electrons. The molecule has 36 heavy (non-hydrogen) atoms. The van der Waals surface area contributed by atoms with E-state index in [1.807, 2.05) is 12.1 Å². The number of anilines is 1. The predicted molar refractivity (Wildman–Crippen MR) is 148 cm³/mol. The molecule has 0 saturated heterocycles. The summed E-state index contributed by atoms with van der Waals surface area (Å²) >= 11 is 0. The highest BCUT2D eigenvalue weighted by Crippen LogP contribution is 2.19. The molecular weight excluding hydrogens is 450 g/mol. The predicted octanol–water partition coefficient (Wildman–Crippen LogP) is 8.52. The van der Waals surface area contributed by atoms with E-state index >= 15 is 0 Å². The number of rotatable bonds is 17. The van der Waals surface area contributed by atoms with Gasteiger partial charge in [-0.15, -0.1) is 0 Å². The molecule has 1 heterocycles. The number of hydrogen-bond acceptors (Lipinski definition) is 4. The Kier molecular flexibility index (Phi) is 12.1. The quantitative estimate of drug-likeness (QED) is 0.192. The Bertz CT molecular complexity index is 1100. The number of unbranched alkanes of at least 4 members (excludes halogenated alkanes) is 12. The van der Waals surface area contributed by atoms with Crippen LogP contribution >= 0.6 is 0 Å². The van der Waals surface area contributed by atoms with Crippen molar-refractivity contribution in [3.8, 4) is 5.75 Å². The third kappa shape index (κ3) is 9.52. The maximum absolute atomic E-state index is 12.6. The van der Waals surface area contributed by atoms with Crippen molar-refractivity contribution >= 4 is 22.6 Å². The lowest BCUT2D eigenvalue weighted by atomic mass is 10.0. The molecule has 3 rings (SSSR count). The summed E-state index contributed by atoms with van der Waals surface area (Å²) in [5, 5.41) is 3.27. The highest BCUT2D eigenvalue weighted by atomic mass is 16.5. The number of hydrogen-bond donors (Lipinski definition) is 1. The molecule has 0 aliphatic heterocycles. The highest BCUT2D eigenvalue weighted by molar-refractivity contribution is 6.05. The molecule has 1 amide bonds. The van der Waals surface area contributed by atoms with Gasteiger partial charge in [0.25, 0.3) is 5.91 Å². The SMILES string of the molecule is CCCCCCCCCCCCCCCOc1ccc(C(=O)Nc2ccc3occc(=O)c3c2)cc1. The Hall–Kier alpha value is -3.08. The van der Waals surface area contributed by atoms with Crippen LogP contribution in [0.1, 0.15) is 101 Å². The fraction of sp³-hybridized carbons (Fsp3) is 0.484. The van der Waals surface area contributed by atoms with E-state index in [0.29, 0.717) is 28.8 Å². The Morgan fingerprint density at radius 3 is 2.03 bits per heavy atom. The first-order chi connectivity index (χ1) is 17.7. The van der Waals surface area contributed by atoms with Gasteiger partial charge in [0.2, 0.25) is 0 Å². The Morgan fingerprint density at radius 1 is 0.778 bits per heavy atom. The van der Waals surface area contributed by atoms with Crippen LogP contribution in [0.3, 0.4) is 0 Å². The first kappa shape index (κ1) is 27.5. The lowest BCUT2D eigenvalue weighted by molar-refractivity contribution is 0.102. The minimum Gasteiger partial charge on any atom is -0.494 e. The summed E-state index contributed by atoms with van der Waals surface area (Å²) in [6.07, 6.45) is 18.7. The van der Waals surface area contributed by atoms with E-state index in [1.165, 1.54) is 89.4 Å². The Balaban J connectivity index is 1.26. The number of carbonyl (C=O) groups excluding carboxylic acids is 1. The van der Waals surface area contributed by atoms with Crippen LogP contribution in [0.15, 0.2) is 64.0 Å². The second kappa shape index (κ2) is 15.8. The minimum atomic E-state index is -0.238. The van der Waals surface area contributed by atoms with Crippen LogP contribution in [0, 0.1) is 0 Å². The van der Waals surface area contributed by atoms with E-state index in [4.69, 9.17) is 9.15 Å². The van der Waals surface area contributed by atoms with Crippen LogP contribution in [0.25, 0.3) is 11.0 Å². The maximum Gasteiger partial charge on any atom is 0.255 e. The smallest absolute Gasteiger partial charge is 0.255 e. The van der Waals surface area contributed by atoms with Crippen LogP contribution < -0.4 is 15.5 Å². The van der Waals surface area contributed by atoms with Gasteiger partial charge in [0.05, 0.1) is 18.3 Å². The molecule has 0 radical (unpaired) electrons. The van der Waals surface area contributed by atoms with Gasteiger partial charge in [-0.05, 0) is 48.9 Å². The van der Waals surface area contributed by atoms with Crippen molar-refractivity contribution in [2.75, 3.05) is 11.9 Å². The molecule has 5 nitrogen and oxygen atoms in total. The third-order valence-corrected chi connectivity index (χ3v) is 6.55. The number of nitrogens with one attached hydrogen (secondary N) is 1.